The van der Waals surface area contributed by atoms with Crippen molar-refractivity contribution in [2.75, 3.05) is 6.61 Å². The van der Waals surface area contributed by atoms with Gasteiger partial charge in [-0.1, -0.05) is 6.07 Å². The monoisotopic (exact) mass is 379 g/mol. The first-order chi connectivity index (χ1) is 12.0. The molecule has 0 saturated heterocycles. The maximum Gasteiger partial charge on any atom is 0.450 e. The number of fused-ring (bicyclic) bond motifs is 1. The van der Waals surface area contributed by atoms with Gasteiger partial charge in [-0.05, 0) is 12.1 Å². The summed E-state index contributed by atoms with van der Waals surface area (Å²) < 4.78 is 93.9. The highest BCUT2D eigenvalue weighted by atomic mass is 19.4. The zero-order valence-electron chi connectivity index (χ0n) is 12.6. The Bertz CT molecular complexity index is 947. The lowest BCUT2D eigenvalue weighted by molar-refractivity contribution is -0.154. The molecule has 0 atom stereocenters. The van der Waals surface area contributed by atoms with E-state index in [9.17, 15) is 30.7 Å². The van der Waals surface area contributed by atoms with Crippen molar-refractivity contribution in [1.29, 1.82) is 0 Å². The van der Waals surface area contributed by atoms with Crippen molar-refractivity contribution >= 4 is 5.52 Å². The van der Waals surface area contributed by atoms with Gasteiger partial charge in [0.15, 0.2) is 12.4 Å². The van der Waals surface area contributed by atoms with E-state index < -0.39 is 36.5 Å². The zero-order chi connectivity index (χ0) is 19.1. The molecule has 138 valence electrons. The van der Waals surface area contributed by atoms with Crippen LogP contribution < -0.4 is 4.74 Å². The van der Waals surface area contributed by atoms with Gasteiger partial charge in [0.2, 0.25) is 5.82 Å². The highest BCUT2D eigenvalue weighted by molar-refractivity contribution is 5.65. The summed E-state index contributed by atoms with van der Waals surface area (Å²) in [5.41, 5.74) is 0.389. The Morgan fingerprint density at radius 1 is 0.962 bits per heavy atom. The fourth-order valence-electron chi connectivity index (χ4n) is 2.21. The Kier molecular flexibility index (Phi) is 4.24. The Morgan fingerprint density at radius 2 is 1.69 bits per heavy atom. The predicted molar refractivity (Wildman–Crippen MR) is 74.9 cm³/mol. The summed E-state index contributed by atoms with van der Waals surface area (Å²) in [5, 5.41) is 0. The molecule has 3 aromatic rings. The summed E-state index contributed by atoms with van der Waals surface area (Å²) in [6.07, 6.45) is -6.24. The van der Waals surface area contributed by atoms with Crippen LogP contribution in [0.4, 0.5) is 30.7 Å². The molecule has 0 fully saturated rings. The van der Waals surface area contributed by atoms with Crippen molar-refractivity contribution in [3.05, 3.63) is 48.4 Å². The number of aromatic nitrogens is 3. The van der Waals surface area contributed by atoms with Gasteiger partial charge < -0.3 is 4.74 Å². The molecule has 4 nitrogen and oxygen atoms in total. The van der Waals surface area contributed by atoms with Gasteiger partial charge in [-0.3, -0.25) is 4.40 Å². The van der Waals surface area contributed by atoms with E-state index in [0.717, 1.165) is 29.1 Å². The van der Waals surface area contributed by atoms with Crippen LogP contribution in [0.25, 0.3) is 16.6 Å². The molecule has 0 N–H and O–H groups in total. The van der Waals surface area contributed by atoms with Crippen LogP contribution in [-0.2, 0) is 6.18 Å². The highest BCUT2D eigenvalue weighted by Gasteiger charge is 2.36. The van der Waals surface area contributed by atoms with E-state index in [2.05, 4.69) is 14.7 Å². The van der Waals surface area contributed by atoms with Gasteiger partial charge in [-0.25, -0.2) is 14.4 Å². The Balaban J connectivity index is 1.95. The summed E-state index contributed by atoms with van der Waals surface area (Å²) in [4.78, 5) is 6.75. The molecule has 0 unspecified atom stereocenters. The van der Waals surface area contributed by atoms with Crippen molar-refractivity contribution in [3.8, 4) is 17.0 Å². The van der Waals surface area contributed by atoms with Gasteiger partial charge in [0.1, 0.15) is 0 Å². The number of nitrogens with zero attached hydrogens (tertiary/aromatic N) is 3. The summed E-state index contributed by atoms with van der Waals surface area (Å²) in [5.74, 6) is -3.19. The topological polar surface area (TPSA) is 39.4 Å². The second-order valence-electron chi connectivity index (χ2n) is 5.21. The number of imidazole rings is 1. The molecule has 3 aromatic heterocycles. The molecule has 3 heterocycles. The molecule has 0 amide bonds. The van der Waals surface area contributed by atoms with Crippen molar-refractivity contribution in [1.82, 2.24) is 14.4 Å². The predicted octanol–water partition coefficient (Wildman–Crippen LogP) is 4.50. The molecular formula is C15H8F7N3O. The molecular weight excluding hydrogens is 371 g/mol. The SMILES string of the molecule is Fc1cc(-c2ccc3cnc(C(F)(F)F)n3c2)cnc1OCC(F)(F)F. The number of alkyl halides is 6. The maximum absolute atomic E-state index is 13.9. The Morgan fingerprint density at radius 3 is 2.31 bits per heavy atom. The number of rotatable bonds is 3. The van der Waals surface area contributed by atoms with Gasteiger partial charge in [0, 0.05) is 23.5 Å². The summed E-state index contributed by atoms with van der Waals surface area (Å²) >= 11 is 0. The van der Waals surface area contributed by atoms with E-state index >= 15 is 0 Å². The largest absolute Gasteiger partial charge is 0.466 e. The van der Waals surface area contributed by atoms with Crippen LogP contribution in [0, 0.1) is 5.82 Å². The first-order valence-electron chi connectivity index (χ1n) is 6.94. The van der Waals surface area contributed by atoms with Crippen molar-refractivity contribution in [3.63, 3.8) is 0 Å². The van der Waals surface area contributed by atoms with E-state index in [1.807, 2.05) is 0 Å². The number of hydrogen-bond donors (Lipinski definition) is 0. The lowest BCUT2D eigenvalue weighted by Crippen LogP contribution is -2.20. The first kappa shape index (κ1) is 18.0. The lowest BCUT2D eigenvalue weighted by Gasteiger charge is -2.10. The molecule has 3 rings (SSSR count). The average molecular weight is 379 g/mol. The molecule has 0 aliphatic heterocycles. The minimum absolute atomic E-state index is 0.0607. The second-order valence-corrected chi connectivity index (χ2v) is 5.21. The van der Waals surface area contributed by atoms with Gasteiger partial charge in [-0.15, -0.1) is 0 Å². The Labute approximate surface area is 140 Å². The van der Waals surface area contributed by atoms with E-state index in [1.165, 1.54) is 12.1 Å². The van der Waals surface area contributed by atoms with E-state index in [-0.39, 0.29) is 16.6 Å². The third-order valence-corrected chi connectivity index (χ3v) is 3.29. The van der Waals surface area contributed by atoms with Crippen molar-refractivity contribution < 1.29 is 35.5 Å². The van der Waals surface area contributed by atoms with Gasteiger partial charge in [0.25, 0.3) is 5.88 Å². The van der Waals surface area contributed by atoms with Gasteiger partial charge >= 0.3 is 12.4 Å². The third kappa shape index (κ3) is 3.70. The van der Waals surface area contributed by atoms with Crippen LogP contribution in [0.3, 0.4) is 0 Å². The molecule has 0 aliphatic carbocycles. The average Bonchev–Trinajstić information content (AvgIpc) is 2.96. The molecule has 11 heteroatoms. The minimum Gasteiger partial charge on any atom is -0.466 e. The fourth-order valence-corrected chi connectivity index (χ4v) is 2.21. The molecule has 0 aliphatic rings. The Hall–Kier alpha value is -2.85. The number of hydrogen-bond acceptors (Lipinski definition) is 3. The quantitative estimate of drug-likeness (QED) is 0.630. The van der Waals surface area contributed by atoms with Crippen LogP contribution in [0.2, 0.25) is 0 Å². The zero-order valence-corrected chi connectivity index (χ0v) is 12.6. The fraction of sp³-hybridized carbons (Fsp3) is 0.200. The van der Waals surface area contributed by atoms with Crippen LogP contribution in [0.15, 0.2) is 36.8 Å². The smallest absolute Gasteiger partial charge is 0.450 e. The normalized spacial score (nSPS) is 12.6. The van der Waals surface area contributed by atoms with Crippen LogP contribution in [0.5, 0.6) is 5.88 Å². The number of pyridine rings is 2. The molecule has 0 saturated carbocycles. The van der Waals surface area contributed by atoms with Crippen LogP contribution in [0.1, 0.15) is 5.82 Å². The van der Waals surface area contributed by atoms with Gasteiger partial charge in [-0.2, -0.15) is 26.3 Å². The van der Waals surface area contributed by atoms with Crippen LogP contribution in [-0.4, -0.2) is 27.2 Å². The van der Waals surface area contributed by atoms with E-state index in [4.69, 9.17) is 0 Å². The standard InChI is InChI=1S/C15H8F7N3O/c16-11-3-9(4-23-12(11)26-7-14(17,18)19)8-1-2-10-5-24-13(15(20,21)22)25(10)6-8/h1-6H,7H2. The molecule has 26 heavy (non-hydrogen) atoms. The number of ether oxygens (including phenoxy) is 1. The summed E-state index contributed by atoms with van der Waals surface area (Å²) in [6.45, 7) is -1.72. The first-order valence-corrected chi connectivity index (χ1v) is 6.94. The van der Waals surface area contributed by atoms with Gasteiger partial charge in [0.05, 0.1) is 11.7 Å². The molecule has 0 aromatic carbocycles. The number of halogens is 7. The molecule has 0 spiro atoms. The van der Waals surface area contributed by atoms with Crippen molar-refractivity contribution in [2.24, 2.45) is 0 Å². The summed E-state index contributed by atoms with van der Waals surface area (Å²) in [6, 6.07) is 3.57. The third-order valence-electron chi connectivity index (χ3n) is 3.29. The minimum atomic E-state index is -4.69. The highest BCUT2D eigenvalue weighted by Crippen LogP contribution is 2.31. The van der Waals surface area contributed by atoms with Crippen molar-refractivity contribution in [2.45, 2.75) is 12.4 Å². The second kappa shape index (κ2) is 6.15. The van der Waals surface area contributed by atoms with E-state index in [0.29, 0.717) is 0 Å². The molecule has 0 bridgehead atoms. The molecule has 0 radical (unpaired) electrons. The lowest BCUT2D eigenvalue weighted by atomic mass is 10.1. The summed E-state index contributed by atoms with van der Waals surface area (Å²) in [7, 11) is 0. The van der Waals surface area contributed by atoms with Crippen LogP contribution >= 0.6 is 0 Å². The maximum atomic E-state index is 13.9. The van der Waals surface area contributed by atoms with E-state index in [1.54, 1.807) is 0 Å².